The van der Waals surface area contributed by atoms with E-state index in [1.165, 1.54) is 0 Å². The SMILES string of the molecule is COc1cc2c(c(C(=O)Nc3ccnc(OCCN(C)C)c3)c1)OCC2. The number of aromatic nitrogens is 1. The van der Waals surface area contributed by atoms with E-state index in [0.29, 0.717) is 41.8 Å². The molecule has 0 saturated heterocycles. The number of carbonyl (C=O) groups excluding carboxylic acids is 1. The molecular formula is C19H23N3O4. The minimum Gasteiger partial charge on any atom is -0.497 e. The van der Waals surface area contributed by atoms with Crippen LogP contribution in [0.25, 0.3) is 0 Å². The van der Waals surface area contributed by atoms with Gasteiger partial charge in [0.2, 0.25) is 5.88 Å². The van der Waals surface area contributed by atoms with Gasteiger partial charge in [0.1, 0.15) is 18.1 Å². The van der Waals surface area contributed by atoms with Gasteiger partial charge < -0.3 is 24.4 Å². The van der Waals surface area contributed by atoms with Crippen LogP contribution >= 0.6 is 0 Å². The number of pyridine rings is 1. The van der Waals surface area contributed by atoms with Crippen LogP contribution in [0.3, 0.4) is 0 Å². The number of nitrogens with one attached hydrogen (secondary N) is 1. The average molecular weight is 357 g/mol. The molecule has 1 aromatic heterocycles. The Morgan fingerprint density at radius 2 is 2.19 bits per heavy atom. The molecule has 0 fully saturated rings. The number of amides is 1. The lowest BCUT2D eigenvalue weighted by Crippen LogP contribution is -2.19. The number of fused-ring (bicyclic) bond motifs is 1. The van der Waals surface area contributed by atoms with E-state index in [9.17, 15) is 4.79 Å². The summed E-state index contributed by atoms with van der Waals surface area (Å²) >= 11 is 0. The Hall–Kier alpha value is -2.80. The molecule has 0 spiro atoms. The third-order valence-corrected chi connectivity index (χ3v) is 4.02. The molecule has 0 atom stereocenters. The van der Waals surface area contributed by atoms with Crippen LogP contribution in [0.2, 0.25) is 0 Å². The Balaban J connectivity index is 1.73. The lowest BCUT2D eigenvalue weighted by atomic mass is 10.1. The number of rotatable bonds is 7. The first-order valence-electron chi connectivity index (χ1n) is 8.45. The van der Waals surface area contributed by atoms with Crippen molar-refractivity contribution in [3.63, 3.8) is 0 Å². The molecule has 0 saturated carbocycles. The predicted molar refractivity (Wildman–Crippen MR) is 98.4 cm³/mol. The van der Waals surface area contributed by atoms with E-state index in [1.807, 2.05) is 25.1 Å². The summed E-state index contributed by atoms with van der Waals surface area (Å²) in [6.45, 7) is 1.88. The van der Waals surface area contributed by atoms with E-state index in [-0.39, 0.29) is 5.91 Å². The first kappa shape index (κ1) is 18.0. The quantitative estimate of drug-likeness (QED) is 0.819. The van der Waals surface area contributed by atoms with Crippen LogP contribution in [0.15, 0.2) is 30.5 Å². The zero-order chi connectivity index (χ0) is 18.5. The van der Waals surface area contributed by atoms with Gasteiger partial charge in [0.25, 0.3) is 5.91 Å². The Bertz CT molecular complexity index is 792. The second-order valence-electron chi connectivity index (χ2n) is 6.25. The minimum atomic E-state index is -0.257. The molecule has 2 heterocycles. The third-order valence-electron chi connectivity index (χ3n) is 4.02. The molecule has 7 heteroatoms. The lowest BCUT2D eigenvalue weighted by Gasteiger charge is -2.13. The second-order valence-corrected chi connectivity index (χ2v) is 6.25. The Labute approximate surface area is 152 Å². The molecule has 26 heavy (non-hydrogen) atoms. The molecule has 1 aliphatic heterocycles. The van der Waals surface area contributed by atoms with E-state index in [4.69, 9.17) is 14.2 Å². The van der Waals surface area contributed by atoms with Gasteiger partial charge in [0, 0.05) is 36.5 Å². The first-order chi connectivity index (χ1) is 12.6. The van der Waals surface area contributed by atoms with Gasteiger partial charge in [-0.3, -0.25) is 4.79 Å². The van der Waals surface area contributed by atoms with Crippen molar-refractivity contribution < 1.29 is 19.0 Å². The fraction of sp³-hybridized carbons (Fsp3) is 0.368. The molecule has 138 valence electrons. The second kappa shape index (κ2) is 8.05. The fourth-order valence-corrected chi connectivity index (χ4v) is 2.66. The highest BCUT2D eigenvalue weighted by Gasteiger charge is 2.23. The van der Waals surface area contributed by atoms with Crippen molar-refractivity contribution in [2.45, 2.75) is 6.42 Å². The summed E-state index contributed by atoms with van der Waals surface area (Å²) in [4.78, 5) is 18.9. The molecule has 3 rings (SSSR count). The van der Waals surface area contributed by atoms with E-state index in [0.717, 1.165) is 18.5 Å². The largest absolute Gasteiger partial charge is 0.497 e. The van der Waals surface area contributed by atoms with Crippen LogP contribution in [-0.4, -0.2) is 56.8 Å². The van der Waals surface area contributed by atoms with Crippen molar-refractivity contribution >= 4 is 11.6 Å². The van der Waals surface area contributed by atoms with Crippen LogP contribution in [0, 0.1) is 0 Å². The number of anilines is 1. The van der Waals surface area contributed by atoms with Crippen LogP contribution in [-0.2, 0) is 6.42 Å². The maximum Gasteiger partial charge on any atom is 0.259 e. The molecule has 1 amide bonds. The lowest BCUT2D eigenvalue weighted by molar-refractivity contribution is 0.102. The van der Waals surface area contributed by atoms with E-state index in [2.05, 4.69) is 10.3 Å². The minimum absolute atomic E-state index is 0.257. The number of ether oxygens (including phenoxy) is 3. The summed E-state index contributed by atoms with van der Waals surface area (Å²) in [6.07, 6.45) is 2.37. The van der Waals surface area contributed by atoms with Gasteiger partial charge >= 0.3 is 0 Å². The van der Waals surface area contributed by atoms with Gasteiger partial charge in [-0.05, 0) is 32.3 Å². The van der Waals surface area contributed by atoms with Crippen molar-refractivity contribution in [2.75, 3.05) is 46.3 Å². The van der Waals surface area contributed by atoms with Gasteiger partial charge in [0.15, 0.2) is 0 Å². The molecule has 0 radical (unpaired) electrons. The summed E-state index contributed by atoms with van der Waals surface area (Å²) in [7, 11) is 5.53. The van der Waals surface area contributed by atoms with E-state index < -0.39 is 0 Å². The molecule has 0 bridgehead atoms. The normalized spacial score (nSPS) is 12.5. The molecular weight excluding hydrogens is 334 g/mol. The molecule has 1 N–H and O–H groups in total. The van der Waals surface area contributed by atoms with Crippen LogP contribution in [0.4, 0.5) is 5.69 Å². The Kier molecular flexibility index (Phi) is 5.58. The van der Waals surface area contributed by atoms with Crippen molar-refractivity contribution in [3.05, 3.63) is 41.6 Å². The van der Waals surface area contributed by atoms with E-state index in [1.54, 1.807) is 31.5 Å². The van der Waals surface area contributed by atoms with Crippen molar-refractivity contribution in [2.24, 2.45) is 0 Å². The summed E-state index contributed by atoms with van der Waals surface area (Å²) < 4.78 is 16.5. The number of benzene rings is 1. The molecule has 1 aliphatic rings. The number of likely N-dealkylation sites (N-methyl/N-ethyl adjacent to an activating group) is 1. The molecule has 0 unspecified atom stereocenters. The highest BCUT2D eigenvalue weighted by atomic mass is 16.5. The van der Waals surface area contributed by atoms with Gasteiger partial charge in [-0.15, -0.1) is 0 Å². The third kappa shape index (κ3) is 4.23. The predicted octanol–water partition coefficient (Wildman–Crippen LogP) is 2.22. The van der Waals surface area contributed by atoms with Crippen LogP contribution < -0.4 is 19.5 Å². The molecule has 2 aromatic rings. The average Bonchev–Trinajstić information content (AvgIpc) is 3.09. The van der Waals surface area contributed by atoms with E-state index >= 15 is 0 Å². The monoisotopic (exact) mass is 357 g/mol. The zero-order valence-electron chi connectivity index (χ0n) is 15.2. The number of hydrogen-bond donors (Lipinski definition) is 1. The van der Waals surface area contributed by atoms with Gasteiger partial charge in [-0.25, -0.2) is 4.98 Å². The summed E-state index contributed by atoms with van der Waals surface area (Å²) in [6, 6.07) is 7.02. The Morgan fingerprint density at radius 3 is 2.96 bits per heavy atom. The maximum atomic E-state index is 12.7. The van der Waals surface area contributed by atoms with Crippen LogP contribution in [0.1, 0.15) is 15.9 Å². The first-order valence-corrected chi connectivity index (χ1v) is 8.45. The standard InChI is InChI=1S/C19H23N3O4/c1-22(2)7-9-25-17-11-14(4-6-20-17)21-19(23)16-12-15(24-3)10-13-5-8-26-18(13)16/h4,6,10-12H,5,7-9H2,1-3H3,(H,20,21,23). The number of carbonyl (C=O) groups is 1. The highest BCUT2D eigenvalue weighted by molar-refractivity contribution is 6.07. The number of hydrogen-bond acceptors (Lipinski definition) is 6. The zero-order valence-corrected chi connectivity index (χ0v) is 15.2. The van der Waals surface area contributed by atoms with Crippen molar-refractivity contribution in [1.29, 1.82) is 0 Å². The van der Waals surface area contributed by atoms with Gasteiger partial charge in [-0.1, -0.05) is 0 Å². The summed E-state index contributed by atoms with van der Waals surface area (Å²) in [5.74, 6) is 1.48. The van der Waals surface area contributed by atoms with Gasteiger partial charge in [-0.2, -0.15) is 0 Å². The smallest absolute Gasteiger partial charge is 0.259 e. The Morgan fingerprint density at radius 1 is 1.35 bits per heavy atom. The molecule has 7 nitrogen and oxygen atoms in total. The summed E-state index contributed by atoms with van der Waals surface area (Å²) in [5.41, 5.74) is 2.06. The van der Waals surface area contributed by atoms with Crippen molar-refractivity contribution in [3.8, 4) is 17.4 Å². The topological polar surface area (TPSA) is 72.9 Å². The summed E-state index contributed by atoms with van der Waals surface area (Å²) in [5, 5.41) is 2.87. The van der Waals surface area contributed by atoms with Crippen molar-refractivity contribution in [1.82, 2.24) is 9.88 Å². The fourth-order valence-electron chi connectivity index (χ4n) is 2.66. The maximum absolute atomic E-state index is 12.7. The molecule has 0 aliphatic carbocycles. The van der Waals surface area contributed by atoms with Gasteiger partial charge in [0.05, 0.1) is 19.3 Å². The number of methoxy groups -OCH3 is 1. The highest BCUT2D eigenvalue weighted by Crippen LogP contribution is 2.34. The number of nitrogens with zero attached hydrogens (tertiary/aromatic N) is 2. The van der Waals surface area contributed by atoms with Crippen LogP contribution in [0.5, 0.6) is 17.4 Å². The molecule has 1 aromatic carbocycles.